The SMILES string of the molecule is CCCCN(C)C(=NCc1ccnc(N2CCCC2)c1)NCC.I. The lowest BCUT2D eigenvalue weighted by molar-refractivity contribution is 0.465. The lowest BCUT2D eigenvalue weighted by Gasteiger charge is -2.22. The van der Waals surface area contributed by atoms with Gasteiger partial charge in [-0.3, -0.25) is 0 Å². The quantitative estimate of drug-likeness (QED) is 0.397. The number of unbranched alkanes of at least 4 members (excludes halogenated alkanes) is 1. The van der Waals surface area contributed by atoms with Crippen molar-refractivity contribution < 1.29 is 0 Å². The van der Waals surface area contributed by atoms with E-state index in [1.807, 2.05) is 6.20 Å². The van der Waals surface area contributed by atoms with Crippen molar-refractivity contribution >= 4 is 35.8 Å². The third kappa shape index (κ3) is 6.45. The topological polar surface area (TPSA) is 43.8 Å². The van der Waals surface area contributed by atoms with Gasteiger partial charge in [0.25, 0.3) is 0 Å². The normalized spacial score (nSPS) is 14.5. The maximum atomic E-state index is 4.79. The van der Waals surface area contributed by atoms with E-state index >= 15 is 0 Å². The van der Waals surface area contributed by atoms with Crippen LogP contribution < -0.4 is 10.2 Å². The summed E-state index contributed by atoms with van der Waals surface area (Å²) in [5, 5.41) is 3.38. The minimum Gasteiger partial charge on any atom is -0.357 e. The highest BCUT2D eigenvalue weighted by molar-refractivity contribution is 14.0. The summed E-state index contributed by atoms with van der Waals surface area (Å²) in [7, 11) is 2.11. The summed E-state index contributed by atoms with van der Waals surface area (Å²) in [6, 6.07) is 4.25. The van der Waals surface area contributed by atoms with Gasteiger partial charge in [-0.1, -0.05) is 13.3 Å². The lowest BCUT2D eigenvalue weighted by Crippen LogP contribution is -2.39. The van der Waals surface area contributed by atoms with Gasteiger partial charge in [0.1, 0.15) is 5.82 Å². The van der Waals surface area contributed by atoms with Crippen molar-refractivity contribution in [1.82, 2.24) is 15.2 Å². The number of rotatable bonds is 7. The molecule has 136 valence electrons. The molecule has 6 heteroatoms. The van der Waals surface area contributed by atoms with Gasteiger partial charge in [-0.25, -0.2) is 9.98 Å². The van der Waals surface area contributed by atoms with E-state index < -0.39 is 0 Å². The van der Waals surface area contributed by atoms with Crippen LogP contribution in [-0.4, -0.2) is 49.1 Å². The number of guanidine groups is 1. The molecule has 5 nitrogen and oxygen atoms in total. The highest BCUT2D eigenvalue weighted by Crippen LogP contribution is 2.18. The molecule has 1 aliphatic rings. The molecule has 0 unspecified atom stereocenters. The van der Waals surface area contributed by atoms with Crippen molar-refractivity contribution in [2.45, 2.75) is 46.1 Å². The predicted molar refractivity (Wildman–Crippen MR) is 113 cm³/mol. The molecule has 1 aromatic heterocycles. The molecule has 0 atom stereocenters. The van der Waals surface area contributed by atoms with Crippen LogP contribution in [0.1, 0.15) is 45.1 Å². The Morgan fingerprint density at radius 2 is 2.08 bits per heavy atom. The van der Waals surface area contributed by atoms with Crippen LogP contribution in [0.4, 0.5) is 5.82 Å². The maximum Gasteiger partial charge on any atom is 0.193 e. The molecule has 1 saturated heterocycles. The van der Waals surface area contributed by atoms with Crippen LogP contribution in [0.15, 0.2) is 23.3 Å². The number of nitrogens with one attached hydrogen (secondary N) is 1. The van der Waals surface area contributed by atoms with Crippen LogP contribution in [-0.2, 0) is 6.54 Å². The van der Waals surface area contributed by atoms with Crippen molar-refractivity contribution in [3.8, 4) is 0 Å². The zero-order valence-electron chi connectivity index (χ0n) is 15.3. The van der Waals surface area contributed by atoms with E-state index in [0.29, 0.717) is 6.54 Å². The van der Waals surface area contributed by atoms with Crippen LogP contribution in [0, 0.1) is 0 Å². The van der Waals surface area contributed by atoms with Gasteiger partial charge in [-0.05, 0) is 43.9 Å². The molecule has 0 spiro atoms. The van der Waals surface area contributed by atoms with E-state index in [2.05, 4.69) is 53.1 Å². The Kier molecular flexibility index (Phi) is 10.1. The standard InChI is InChI=1S/C18H31N5.HI/c1-4-6-11-22(3)18(19-5-2)21-15-16-9-10-20-17(14-16)23-12-7-8-13-23;/h9-10,14H,4-8,11-13,15H2,1-3H3,(H,19,21);1H. The van der Waals surface area contributed by atoms with Crippen LogP contribution in [0.25, 0.3) is 0 Å². The van der Waals surface area contributed by atoms with Gasteiger partial charge in [0.05, 0.1) is 6.54 Å². The molecule has 1 aromatic rings. The average Bonchev–Trinajstić information content (AvgIpc) is 3.11. The number of nitrogens with zero attached hydrogens (tertiary/aromatic N) is 4. The second-order valence-corrected chi connectivity index (χ2v) is 6.16. The van der Waals surface area contributed by atoms with Crippen molar-refractivity contribution in [2.24, 2.45) is 4.99 Å². The maximum absolute atomic E-state index is 4.79. The first-order chi connectivity index (χ1) is 11.2. The van der Waals surface area contributed by atoms with Gasteiger partial charge in [0, 0.05) is 39.4 Å². The molecular weight excluding hydrogens is 413 g/mol. The molecule has 0 bridgehead atoms. The number of aromatic nitrogens is 1. The molecule has 0 aromatic carbocycles. The number of hydrogen-bond donors (Lipinski definition) is 1. The van der Waals surface area contributed by atoms with E-state index in [-0.39, 0.29) is 24.0 Å². The van der Waals surface area contributed by atoms with E-state index in [1.54, 1.807) is 0 Å². The predicted octanol–water partition coefficient (Wildman–Crippen LogP) is 3.50. The zero-order valence-corrected chi connectivity index (χ0v) is 17.6. The van der Waals surface area contributed by atoms with Crippen LogP contribution in [0.3, 0.4) is 0 Å². The van der Waals surface area contributed by atoms with E-state index in [9.17, 15) is 0 Å². The summed E-state index contributed by atoms with van der Waals surface area (Å²) in [5.74, 6) is 2.08. The second kappa shape index (κ2) is 11.5. The average molecular weight is 445 g/mol. The zero-order chi connectivity index (χ0) is 16.5. The third-order valence-electron chi connectivity index (χ3n) is 4.19. The monoisotopic (exact) mass is 445 g/mol. The highest BCUT2D eigenvalue weighted by Gasteiger charge is 2.13. The van der Waals surface area contributed by atoms with Crippen molar-refractivity contribution in [1.29, 1.82) is 0 Å². The lowest BCUT2D eigenvalue weighted by atomic mass is 10.2. The molecule has 24 heavy (non-hydrogen) atoms. The first-order valence-electron chi connectivity index (χ1n) is 8.94. The fraction of sp³-hybridized carbons (Fsp3) is 0.667. The Balaban J connectivity index is 0.00000288. The summed E-state index contributed by atoms with van der Waals surface area (Å²) in [6.45, 7) is 9.21. The molecule has 1 aliphatic heterocycles. The first kappa shape index (κ1) is 21.0. The number of anilines is 1. The van der Waals surface area contributed by atoms with Gasteiger partial charge in [0.15, 0.2) is 5.96 Å². The van der Waals surface area contributed by atoms with Crippen LogP contribution >= 0.6 is 24.0 Å². The number of pyridine rings is 1. The summed E-state index contributed by atoms with van der Waals surface area (Å²) < 4.78 is 0. The van der Waals surface area contributed by atoms with Gasteiger partial charge >= 0.3 is 0 Å². The minimum atomic E-state index is 0. The Labute approximate surface area is 163 Å². The van der Waals surface area contributed by atoms with E-state index in [0.717, 1.165) is 38.0 Å². The van der Waals surface area contributed by atoms with Crippen LogP contribution in [0.5, 0.6) is 0 Å². The summed E-state index contributed by atoms with van der Waals surface area (Å²) in [6.07, 6.45) is 6.85. The van der Waals surface area contributed by atoms with E-state index in [4.69, 9.17) is 4.99 Å². The summed E-state index contributed by atoms with van der Waals surface area (Å²) >= 11 is 0. The molecule has 0 saturated carbocycles. The molecule has 1 N–H and O–H groups in total. The Bertz CT molecular complexity index is 500. The molecule has 2 heterocycles. The van der Waals surface area contributed by atoms with Crippen molar-refractivity contribution in [2.75, 3.05) is 38.1 Å². The minimum absolute atomic E-state index is 0. The summed E-state index contributed by atoms with van der Waals surface area (Å²) in [4.78, 5) is 13.9. The number of aliphatic imine (C=N–C) groups is 1. The van der Waals surface area contributed by atoms with Crippen LogP contribution in [0.2, 0.25) is 0 Å². The van der Waals surface area contributed by atoms with Gasteiger partial charge in [-0.2, -0.15) is 0 Å². The Hall–Kier alpha value is -1.05. The molecule has 0 radical (unpaired) electrons. The highest BCUT2D eigenvalue weighted by atomic mass is 127. The number of hydrogen-bond acceptors (Lipinski definition) is 3. The number of halogens is 1. The molecule has 2 rings (SSSR count). The third-order valence-corrected chi connectivity index (χ3v) is 4.19. The summed E-state index contributed by atoms with van der Waals surface area (Å²) in [5.41, 5.74) is 1.22. The fourth-order valence-electron chi connectivity index (χ4n) is 2.82. The molecular formula is C18H32IN5. The Morgan fingerprint density at radius 3 is 2.75 bits per heavy atom. The largest absolute Gasteiger partial charge is 0.357 e. The van der Waals surface area contributed by atoms with Gasteiger partial charge < -0.3 is 15.1 Å². The first-order valence-corrected chi connectivity index (χ1v) is 8.94. The smallest absolute Gasteiger partial charge is 0.193 e. The molecule has 0 aliphatic carbocycles. The van der Waals surface area contributed by atoms with Gasteiger partial charge in [-0.15, -0.1) is 24.0 Å². The Morgan fingerprint density at radius 1 is 1.33 bits per heavy atom. The van der Waals surface area contributed by atoms with Crippen molar-refractivity contribution in [3.05, 3.63) is 23.9 Å². The van der Waals surface area contributed by atoms with Crippen molar-refractivity contribution in [3.63, 3.8) is 0 Å². The molecule has 1 fully saturated rings. The molecule has 0 amide bonds. The van der Waals surface area contributed by atoms with Gasteiger partial charge in [0.2, 0.25) is 0 Å². The fourth-order valence-corrected chi connectivity index (χ4v) is 2.82. The second-order valence-electron chi connectivity index (χ2n) is 6.16. The van der Waals surface area contributed by atoms with E-state index in [1.165, 1.54) is 31.2 Å².